The molecule has 0 aromatic carbocycles. The van der Waals surface area contributed by atoms with E-state index in [1.807, 2.05) is 13.8 Å². The molecule has 140 valence electrons. The van der Waals surface area contributed by atoms with E-state index in [2.05, 4.69) is 28.8 Å². The van der Waals surface area contributed by atoms with Crippen molar-refractivity contribution < 1.29 is 37.4 Å². The minimum absolute atomic E-state index is 0.000837. The summed E-state index contributed by atoms with van der Waals surface area (Å²) >= 11 is 0. The van der Waals surface area contributed by atoms with Crippen LogP contribution in [0.5, 0.6) is 0 Å². The van der Waals surface area contributed by atoms with E-state index < -0.39 is 15.6 Å². The lowest BCUT2D eigenvalue weighted by molar-refractivity contribution is 0.191. The maximum Gasteiger partial charge on any atom is 0.481 e. The highest BCUT2D eigenvalue weighted by Crippen LogP contribution is 2.57. The molecule has 0 bridgehead atoms. The van der Waals surface area contributed by atoms with Gasteiger partial charge in [0.05, 0.1) is 18.3 Å². The number of hydrogen-bond donors (Lipinski definition) is 3. The van der Waals surface area contributed by atoms with Crippen molar-refractivity contribution in [3.05, 3.63) is 23.3 Å². The SMILES string of the molecule is C/C(=C\COP(=O)(O)OP(=O)(O)O)C/C=C(\C)CCC1OC1(C)C. The molecule has 0 saturated carbocycles. The van der Waals surface area contributed by atoms with Crippen LogP contribution >= 0.6 is 15.6 Å². The lowest BCUT2D eigenvalue weighted by Crippen LogP contribution is -2.02. The maximum atomic E-state index is 11.3. The molecule has 0 aromatic rings. The van der Waals surface area contributed by atoms with Gasteiger partial charge in [0.2, 0.25) is 0 Å². The van der Waals surface area contributed by atoms with Gasteiger partial charge in [0.15, 0.2) is 0 Å². The molecule has 1 aliphatic heterocycles. The Bertz CT molecular complexity index is 590. The van der Waals surface area contributed by atoms with Gasteiger partial charge >= 0.3 is 15.6 Å². The summed E-state index contributed by atoms with van der Waals surface area (Å²) < 4.78 is 35.4. The second-order valence-corrected chi connectivity index (χ2v) is 9.22. The van der Waals surface area contributed by atoms with Crippen LogP contribution in [0.15, 0.2) is 23.3 Å². The molecule has 0 spiro atoms. The molecule has 1 rings (SSSR count). The third kappa shape index (κ3) is 9.25. The summed E-state index contributed by atoms with van der Waals surface area (Å²) in [5, 5.41) is 0. The fourth-order valence-electron chi connectivity index (χ4n) is 2.05. The van der Waals surface area contributed by atoms with Crippen molar-refractivity contribution in [1.29, 1.82) is 0 Å². The molecule has 1 aliphatic rings. The first kappa shape index (κ1) is 21.7. The fraction of sp³-hybridized carbons (Fsp3) is 0.714. The number of epoxide rings is 1. The maximum absolute atomic E-state index is 11.3. The zero-order valence-corrected chi connectivity index (χ0v) is 16.1. The number of hydrogen-bond acceptors (Lipinski definition) is 5. The highest BCUT2D eigenvalue weighted by atomic mass is 31.3. The Balaban J connectivity index is 2.32. The van der Waals surface area contributed by atoms with Crippen molar-refractivity contribution in [1.82, 2.24) is 0 Å². The predicted octanol–water partition coefficient (Wildman–Crippen LogP) is 3.45. The standard InChI is InChI=1S/C14H26O8P2/c1-11(7-8-13-14(3,4)21-13)5-6-12(2)9-10-20-24(18,19)22-23(15,16)17/h5,9,13H,6-8,10H2,1-4H3,(H,18,19)(H2,15,16,17)/b11-5+,12-9+. The zero-order chi connectivity index (χ0) is 18.6. The van der Waals surface area contributed by atoms with Gasteiger partial charge in [0.25, 0.3) is 0 Å². The van der Waals surface area contributed by atoms with Crippen LogP contribution < -0.4 is 0 Å². The van der Waals surface area contributed by atoms with Crippen LogP contribution in [0.2, 0.25) is 0 Å². The molecule has 1 fully saturated rings. The quantitative estimate of drug-likeness (QED) is 0.297. The first-order valence-electron chi connectivity index (χ1n) is 7.54. The Morgan fingerprint density at radius 1 is 1.17 bits per heavy atom. The minimum atomic E-state index is -5.08. The number of phosphoric ester groups is 1. The van der Waals surface area contributed by atoms with Crippen molar-refractivity contribution in [2.75, 3.05) is 6.61 Å². The summed E-state index contributed by atoms with van der Waals surface area (Å²) in [6, 6.07) is 0. The lowest BCUT2D eigenvalue weighted by atomic mass is 10.0. The van der Waals surface area contributed by atoms with Gasteiger partial charge < -0.3 is 19.4 Å². The van der Waals surface area contributed by atoms with Crippen LogP contribution in [-0.4, -0.2) is 33.0 Å². The van der Waals surface area contributed by atoms with Crippen LogP contribution in [0.25, 0.3) is 0 Å². The first-order chi connectivity index (χ1) is 10.8. The highest BCUT2D eigenvalue weighted by Gasteiger charge is 2.46. The molecule has 1 heterocycles. The van der Waals surface area contributed by atoms with Gasteiger partial charge in [0, 0.05) is 0 Å². The Kier molecular flexibility index (Phi) is 7.60. The van der Waals surface area contributed by atoms with Crippen molar-refractivity contribution in [2.45, 2.75) is 58.7 Å². The highest BCUT2D eigenvalue weighted by molar-refractivity contribution is 7.60. The van der Waals surface area contributed by atoms with Gasteiger partial charge in [-0.3, -0.25) is 4.52 Å². The summed E-state index contributed by atoms with van der Waals surface area (Å²) in [4.78, 5) is 26.1. The van der Waals surface area contributed by atoms with Gasteiger partial charge in [-0.25, -0.2) is 9.13 Å². The van der Waals surface area contributed by atoms with Crippen molar-refractivity contribution in [2.24, 2.45) is 0 Å². The summed E-state index contributed by atoms with van der Waals surface area (Å²) in [6.07, 6.45) is 6.51. The number of ether oxygens (including phenoxy) is 1. The summed E-state index contributed by atoms with van der Waals surface area (Å²) in [5.74, 6) is 0. The Morgan fingerprint density at radius 3 is 2.25 bits per heavy atom. The molecule has 2 unspecified atom stereocenters. The fourth-order valence-corrected chi connectivity index (χ4v) is 3.58. The van der Waals surface area contributed by atoms with Crippen LogP contribution in [0, 0.1) is 0 Å². The normalized spacial score (nSPS) is 23.9. The van der Waals surface area contributed by atoms with E-state index in [0.717, 1.165) is 18.4 Å². The van der Waals surface area contributed by atoms with Gasteiger partial charge in [0.1, 0.15) is 0 Å². The van der Waals surface area contributed by atoms with E-state index in [1.54, 1.807) is 6.08 Å². The van der Waals surface area contributed by atoms with Crippen LogP contribution in [0.3, 0.4) is 0 Å². The second kappa shape index (κ2) is 8.39. The van der Waals surface area contributed by atoms with Crippen molar-refractivity contribution in [3.8, 4) is 0 Å². The van der Waals surface area contributed by atoms with Gasteiger partial charge in [-0.1, -0.05) is 23.3 Å². The molecule has 8 nitrogen and oxygen atoms in total. The average Bonchev–Trinajstić information content (AvgIpc) is 2.98. The van der Waals surface area contributed by atoms with E-state index >= 15 is 0 Å². The van der Waals surface area contributed by atoms with E-state index in [9.17, 15) is 9.13 Å². The minimum Gasteiger partial charge on any atom is -0.367 e. The molecular weight excluding hydrogens is 358 g/mol. The molecule has 0 radical (unpaired) electrons. The lowest BCUT2D eigenvalue weighted by Gasteiger charge is -2.11. The topological polar surface area (TPSA) is 126 Å². The number of phosphoric acid groups is 2. The molecule has 0 aromatic heterocycles. The molecule has 10 heteroatoms. The second-order valence-electron chi connectivity index (χ2n) is 6.39. The predicted molar refractivity (Wildman–Crippen MR) is 89.2 cm³/mol. The van der Waals surface area contributed by atoms with Crippen LogP contribution in [-0.2, 0) is 22.7 Å². The third-order valence-electron chi connectivity index (χ3n) is 3.62. The van der Waals surface area contributed by atoms with Crippen molar-refractivity contribution >= 4 is 15.6 Å². The average molecular weight is 384 g/mol. The molecule has 0 aliphatic carbocycles. The molecule has 3 N–H and O–H groups in total. The Hall–Kier alpha value is -0.300. The monoisotopic (exact) mass is 384 g/mol. The Labute approximate surface area is 142 Å². The van der Waals surface area contributed by atoms with Gasteiger partial charge in [-0.05, 0) is 47.0 Å². The molecular formula is C14H26O8P2. The number of rotatable bonds is 10. The third-order valence-corrected chi connectivity index (χ3v) is 5.77. The van der Waals surface area contributed by atoms with Crippen molar-refractivity contribution in [3.63, 3.8) is 0 Å². The zero-order valence-electron chi connectivity index (χ0n) is 14.3. The van der Waals surface area contributed by atoms with Gasteiger partial charge in [-0.2, -0.15) is 4.31 Å². The van der Waals surface area contributed by atoms with Crippen LogP contribution in [0.4, 0.5) is 0 Å². The van der Waals surface area contributed by atoms with E-state index in [4.69, 9.17) is 19.4 Å². The Morgan fingerprint density at radius 2 is 1.75 bits per heavy atom. The molecule has 24 heavy (non-hydrogen) atoms. The van der Waals surface area contributed by atoms with Crippen LogP contribution in [0.1, 0.15) is 47.0 Å². The number of allylic oxidation sites excluding steroid dienone is 3. The van der Waals surface area contributed by atoms with E-state index in [0.29, 0.717) is 12.5 Å². The summed E-state index contributed by atoms with van der Waals surface area (Å²) in [5.41, 5.74) is 2.13. The molecule has 1 saturated heterocycles. The first-order valence-corrected chi connectivity index (χ1v) is 10.6. The van der Waals surface area contributed by atoms with E-state index in [1.165, 1.54) is 5.57 Å². The largest absolute Gasteiger partial charge is 0.481 e. The summed E-state index contributed by atoms with van der Waals surface area (Å²) in [7, 11) is -9.85. The van der Waals surface area contributed by atoms with Gasteiger partial charge in [-0.15, -0.1) is 0 Å². The summed E-state index contributed by atoms with van der Waals surface area (Å²) in [6.45, 7) is 7.72. The molecule has 2 atom stereocenters. The molecule has 0 amide bonds. The van der Waals surface area contributed by atoms with E-state index in [-0.39, 0.29) is 12.2 Å². The smallest absolute Gasteiger partial charge is 0.367 e.